The van der Waals surface area contributed by atoms with Gasteiger partial charge in [0.25, 0.3) is 0 Å². The molecular weight excluding hydrogens is 400 g/mol. The maximum absolute atomic E-state index is 12.8. The van der Waals surface area contributed by atoms with Crippen molar-refractivity contribution in [2.75, 3.05) is 27.9 Å². The molecule has 0 aromatic heterocycles. The van der Waals surface area contributed by atoms with E-state index in [2.05, 4.69) is 10.6 Å². The summed E-state index contributed by atoms with van der Waals surface area (Å²) in [6.45, 7) is 2.56. The highest BCUT2D eigenvalue weighted by Crippen LogP contribution is 2.36. The zero-order valence-electron chi connectivity index (χ0n) is 18.0. The number of amides is 2. The number of urea groups is 1. The van der Waals surface area contributed by atoms with E-state index in [4.69, 9.17) is 18.9 Å². The van der Waals surface area contributed by atoms with Gasteiger partial charge in [-0.3, -0.25) is 0 Å². The summed E-state index contributed by atoms with van der Waals surface area (Å²) in [7, 11) is 4.41. The van der Waals surface area contributed by atoms with Gasteiger partial charge in [0.15, 0.2) is 11.5 Å². The van der Waals surface area contributed by atoms with E-state index in [1.807, 2.05) is 6.92 Å². The number of methoxy groups -OCH3 is 3. The van der Waals surface area contributed by atoms with Crippen LogP contribution in [-0.2, 0) is 9.53 Å². The number of carbonyl (C=O) groups is 2. The van der Waals surface area contributed by atoms with Crippen molar-refractivity contribution in [1.29, 1.82) is 0 Å². The summed E-state index contributed by atoms with van der Waals surface area (Å²) < 4.78 is 21.4. The van der Waals surface area contributed by atoms with Crippen LogP contribution in [0.15, 0.2) is 48.0 Å². The molecule has 0 spiro atoms. The van der Waals surface area contributed by atoms with Gasteiger partial charge in [-0.05, 0) is 53.9 Å². The molecule has 0 fully saturated rings. The number of carbonyl (C=O) groups excluding carboxylic acids is 2. The molecule has 31 heavy (non-hydrogen) atoms. The molecule has 2 aromatic carbocycles. The Morgan fingerprint density at radius 1 is 1.00 bits per heavy atom. The minimum atomic E-state index is -0.743. The lowest BCUT2D eigenvalue weighted by molar-refractivity contribution is -0.136. The van der Waals surface area contributed by atoms with Crippen LogP contribution in [0.5, 0.6) is 17.2 Å². The van der Waals surface area contributed by atoms with Crippen molar-refractivity contribution in [2.45, 2.75) is 19.4 Å². The van der Waals surface area contributed by atoms with Gasteiger partial charge in [-0.15, -0.1) is 0 Å². The number of hydrogen-bond donors (Lipinski definition) is 2. The molecule has 2 aromatic rings. The number of rotatable bonds is 8. The third-order valence-corrected chi connectivity index (χ3v) is 4.84. The van der Waals surface area contributed by atoms with E-state index >= 15 is 0 Å². The van der Waals surface area contributed by atoms with Crippen molar-refractivity contribution in [3.63, 3.8) is 0 Å². The zero-order valence-corrected chi connectivity index (χ0v) is 18.0. The van der Waals surface area contributed by atoms with Crippen molar-refractivity contribution in [1.82, 2.24) is 10.6 Å². The summed E-state index contributed by atoms with van der Waals surface area (Å²) in [5.74, 6) is 1.20. The van der Waals surface area contributed by atoms with Crippen LogP contribution in [0.2, 0.25) is 0 Å². The summed E-state index contributed by atoms with van der Waals surface area (Å²) >= 11 is 0. The van der Waals surface area contributed by atoms with Crippen molar-refractivity contribution < 1.29 is 28.5 Å². The molecule has 164 valence electrons. The first kappa shape index (κ1) is 22.0. The highest BCUT2D eigenvalue weighted by Gasteiger charge is 2.34. The Labute approximate surface area is 181 Å². The molecule has 1 heterocycles. The molecule has 2 amide bonds. The second-order valence-electron chi connectivity index (χ2n) is 6.80. The van der Waals surface area contributed by atoms with Crippen LogP contribution in [0.4, 0.5) is 4.79 Å². The maximum atomic E-state index is 12.8. The molecule has 0 bridgehead atoms. The van der Waals surface area contributed by atoms with Crippen LogP contribution < -0.4 is 24.8 Å². The van der Waals surface area contributed by atoms with E-state index in [0.29, 0.717) is 40.7 Å². The molecule has 8 heteroatoms. The predicted molar refractivity (Wildman–Crippen MR) is 115 cm³/mol. The monoisotopic (exact) mass is 426 g/mol. The van der Waals surface area contributed by atoms with Crippen molar-refractivity contribution in [3.8, 4) is 17.2 Å². The number of nitrogens with one attached hydrogen (secondary N) is 2. The van der Waals surface area contributed by atoms with Crippen LogP contribution in [0.25, 0.3) is 5.70 Å². The van der Waals surface area contributed by atoms with Gasteiger partial charge >= 0.3 is 12.0 Å². The molecule has 1 unspecified atom stereocenters. The van der Waals surface area contributed by atoms with Crippen molar-refractivity contribution >= 4 is 17.7 Å². The number of ether oxygens (including phenoxy) is 4. The van der Waals surface area contributed by atoms with Gasteiger partial charge in [-0.2, -0.15) is 0 Å². The summed E-state index contributed by atoms with van der Waals surface area (Å²) in [6, 6.07) is 11.2. The molecule has 2 N–H and O–H groups in total. The Morgan fingerprint density at radius 2 is 1.74 bits per heavy atom. The van der Waals surface area contributed by atoms with E-state index in [1.165, 1.54) is 7.11 Å². The van der Waals surface area contributed by atoms with Crippen LogP contribution in [0.1, 0.15) is 30.5 Å². The molecule has 1 aliphatic rings. The van der Waals surface area contributed by atoms with E-state index in [-0.39, 0.29) is 5.57 Å². The van der Waals surface area contributed by atoms with E-state index in [9.17, 15) is 9.59 Å². The SMILES string of the molecule is CCCOc1ccc(C2NC(=O)NC(c3ccc(OC)cc3)=C2C(=O)OC)cc1OC. The standard InChI is InChI=1S/C23H26N2O6/c1-5-12-31-17-11-8-15(13-18(17)29-3)21-19(22(26)30-4)20(24-23(27)25-21)14-6-9-16(28-2)10-7-14/h6-11,13,21H,5,12H2,1-4H3,(H2,24,25,27). The Bertz CT molecular complexity index is 984. The number of benzene rings is 2. The fraction of sp³-hybridized carbons (Fsp3) is 0.304. The van der Waals surface area contributed by atoms with Crippen molar-refractivity contribution in [3.05, 3.63) is 59.2 Å². The van der Waals surface area contributed by atoms with Crippen LogP contribution in [0, 0.1) is 0 Å². The van der Waals surface area contributed by atoms with Crippen LogP contribution in [-0.4, -0.2) is 39.9 Å². The first-order chi connectivity index (χ1) is 15.0. The molecule has 1 aliphatic heterocycles. The van der Waals surface area contributed by atoms with Gasteiger partial charge in [0.05, 0.1) is 45.2 Å². The van der Waals surface area contributed by atoms with Gasteiger partial charge < -0.3 is 29.6 Å². The molecule has 0 saturated heterocycles. The van der Waals surface area contributed by atoms with Gasteiger partial charge in [-0.25, -0.2) is 9.59 Å². The van der Waals surface area contributed by atoms with Crippen LogP contribution >= 0.6 is 0 Å². The summed E-state index contributed by atoms with van der Waals surface area (Å²) in [6.07, 6.45) is 0.857. The van der Waals surface area contributed by atoms with Crippen LogP contribution in [0.3, 0.4) is 0 Å². The average Bonchev–Trinajstić information content (AvgIpc) is 2.81. The zero-order chi connectivity index (χ0) is 22.4. The number of hydrogen-bond acceptors (Lipinski definition) is 6. The lowest BCUT2D eigenvalue weighted by Gasteiger charge is -2.29. The summed E-state index contributed by atoms with van der Waals surface area (Å²) in [5, 5.41) is 5.54. The quantitative estimate of drug-likeness (QED) is 0.628. The highest BCUT2D eigenvalue weighted by molar-refractivity contribution is 6.04. The van der Waals surface area contributed by atoms with Gasteiger partial charge in [-0.1, -0.05) is 13.0 Å². The first-order valence-corrected chi connectivity index (χ1v) is 9.87. The maximum Gasteiger partial charge on any atom is 0.338 e. The minimum Gasteiger partial charge on any atom is -0.497 e. The molecule has 8 nitrogen and oxygen atoms in total. The fourth-order valence-electron chi connectivity index (χ4n) is 3.32. The first-order valence-electron chi connectivity index (χ1n) is 9.87. The second-order valence-corrected chi connectivity index (χ2v) is 6.80. The highest BCUT2D eigenvalue weighted by atomic mass is 16.5. The Balaban J connectivity index is 2.10. The molecule has 1 atom stereocenters. The lowest BCUT2D eigenvalue weighted by atomic mass is 9.92. The summed E-state index contributed by atoms with van der Waals surface area (Å²) in [5.41, 5.74) is 1.95. The molecule has 3 rings (SSSR count). The van der Waals surface area contributed by atoms with E-state index in [1.54, 1.807) is 56.7 Å². The predicted octanol–water partition coefficient (Wildman–Crippen LogP) is 3.43. The van der Waals surface area contributed by atoms with Gasteiger partial charge in [0, 0.05) is 0 Å². The number of esters is 1. The van der Waals surface area contributed by atoms with Crippen molar-refractivity contribution in [2.24, 2.45) is 0 Å². The largest absolute Gasteiger partial charge is 0.497 e. The third kappa shape index (κ3) is 4.74. The second kappa shape index (κ2) is 9.88. The fourth-order valence-corrected chi connectivity index (χ4v) is 3.32. The Morgan fingerprint density at radius 3 is 2.35 bits per heavy atom. The van der Waals surface area contributed by atoms with E-state index in [0.717, 1.165) is 6.42 Å². The minimum absolute atomic E-state index is 0.275. The molecule has 0 radical (unpaired) electrons. The molecule has 0 saturated carbocycles. The lowest BCUT2D eigenvalue weighted by Crippen LogP contribution is -2.45. The molecule has 0 aliphatic carbocycles. The average molecular weight is 426 g/mol. The third-order valence-electron chi connectivity index (χ3n) is 4.84. The molecular formula is C23H26N2O6. The smallest absolute Gasteiger partial charge is 0.338 e. The Kier molecular flexibility index (Phi) is 7.02. The van der Waals surface area contributed by atoms with Gasteiger partial charge in [0.1, 0.15) is 5.75 Å². The topological polar surface area (TPSA) is 95.1 Å². The van der Waals surface area contributed by atoms with E-state index < -0.39 is 18.0 Å². The van der Waals surface area contributed by atoms with Gasteiger partial charge in [0.2, 0.25) is 0 Å². The Hall–Kier alpha value is -3.68. The summed E-state index contributed by atoms with van der Waals surface area (Å²) in [4.78, 5) is 25.3. The normalized spacial score (nSPS) is 15.6.